The summed E-state index contributed by atoms with van der Waals surface area (Å²) in [6.45, 7) is 0.620. The summed E-state index contributed by atoms with van der Waals surface area (Å²) in [7, 11) is 1.93. The molecule has 0 atom stereocenters. The predicted molar refractivity (Wildman–Crippen MR) is 93.7 cm³/mol. The van der Waals surface area contributed by atoms with Crippen LogP contribution < -0.4 is 4.90 Å². The number of anilines is 1. The van der Waals surface area contributed by atoms with Crippen LogP contribution >= 0.6 is 0 Å². The fraction of sp³-hybridized carbons (Fsp3) is 0.105. The Balaban J connectivity index is 1.51. The van der Waals surface area contributed by atoms with E-state index in [1.54, 1.807) is 24.6 Å². The van der Waals surface area contributed by atoms with E-state index in [1.165, 1.54) is 12.1 Å². The molecule has 0 saturated heterocycles. The van der Waals surface area contributed by atoms with Gasteiger partial charge in [-0.1, -0.05) is 5.16 Å². The van der Waals surface area contributed by atoms with Crippen molar-refractivity contribution in [3.8, 4) is 22.8 Å². The van der Waals surface area contributed by atoms with Gasteiger partial charge in [0.1, 0.15) is 17.4 Å². The van der Waals surface area contributed by atoms with Crippen LogP contribution in [0.1, 0.15) is 5.76 Å². The van der Waals surface area contributed by atoms with E-state index < -0.39 is 0 Å². The summed E-state index contributed by atoms with van der Waals surface area (Å²) in [4.78, 5) is 10.8. The second-order valence-corrected chi connectivity index (χ2v) is 5.77. The van der Waals surface area contributed by atoms with Gasteiger partial charge in [-0.2, -0.15) is 4.98 Å². The molecular formula is C19H15FN4O2. The van der Waals surface area contributed by atoms with Gasteiger partial charge < -0.3 is 13.8 Å². The summed E-state index contributed by atoms with van der Waals surface area (Å²) < 4.78 is 23.7. The molecule has 1 aromatic carbocycles. The van der Waals surface area contributed by atoms with E-state index in [9.17, 15) is 4.39 Å². The summed E-state index contributed by atoms with van der Waals surface area (Å²) in [5, 5.41) is 3.94. The Hall–Kier alpha value is -3.48. The van der Waals surface area contributed by atoms with Crippen molar-refractivity contribution in [1.82, 2.24) is 15.1 Å². The number of nitrogens with zero attached hydrogens (tertiary/aromatic N) is 4. The van der Waals surface area contributed by atoms with Gasteiger partial charge in [0.2, 0.25) is 5.82 Å². The van der Waals surface area contributed by atoms with Gasteiger partial charge in [-0.25, -0.2) is 9.37 Å². The zero-order valence-electron chi connectivity index (χ0n) is 14.0. The van der Waals surface area contributed by atoms with Crippen molar-refractivity contribution >= 4 is 5.82 Å². The maximum absolute atomic E-state index is 13.0. The molecule has 7 heteroatoms. The second kappa shape index (κ2) is 6.79. The van der Waals surface area contributed by atoms with Crippen LogP contribution in [-0.2, 0) is 6.54 Å². The molecule has 0 unspecified atom stereocenters. The minimum atomic E-state index is -0.309. The quantitative estimate of drug-likeness (QED) is 0.538. The Morgan fingerprint density at radius 1 is 1.04 bits per heavy atom. The lowest BCUT2D eigenvalue weighted by Crippen LogP contribution is -2.17. The monoisotopic (exact) mass is 350 g/mol. The largest absolute Gasteiger partial charge is 0.467 e. The molecule has 3 aromatic heterocycles. The van der Waals surface area contributed by atoms with Crippen LogP contribution in [-0.4, -0.2) is 22.2 Å². The molecule has 130 valence electrons. The van der Waals surface area contributed by atoms with Gasteiger partial charge in [-0.05, 0) is 48.5 Å². The highest BCUT2D eigenvalue weighted by Crippen LogP contribution is 2.23. The first-order valence-corrected chi connectivity index (χ1v) is 7.98. The third-order valence-corrected chi connectivity index (χ3v) is 3.89. The van der Waals surface area contributed by atoms with Crippen LogP contribution in [0.5, 0.6) is 0 Å². The molecule has 0 N–H and O–H groups in total. The molecule has 0 saturated carbocycles. The molecule has 0 aliphatic heterocycles. The Kier molecular flexibility index (Phi) is 4.18. The lowest BCUT2D eigenvalue weighted by Gasteiger charge is -2.16. The highest BCUT2D eigenvalue weighted by atomic mass is 19.1. The average molecular weight is 350 g/mol. The first kappa shape index (κ1) is 16.0. The molecule has 26 heavy (non-hydrogen) atoms. The maximum atomic E-state index is 13.0. The highest BCUT2D eigenvalue weighted by Gasteiger charge is 2.12. The van der Waals surface area contributed by atoms with E-state index >= 15 is 0 Å². The van der Waals surface area contributed by atoms with Crippen LogP contribution in [0.4, 0.5) is 10.2 Å². The Bertz CT molecular complexity index is 979. The lowest BCUT2D eigenvalue weighted by atomic mass is 10.2. The summed E-state index contributed by atoms with van der Waals surface area (Å²) in [5.41, 5.74) is 1.39. The number of furan rings is 1. The molecule has 0 aliphatic carbocycles. The van der Waals surface area contributed by atoms with Crippen LogP contribution in [0.3, 0.4) is 0 Å². The zero-order valence-corrected chi connectivity index (χ0v) is 14.0. The maximum Gasteiger partial charge on any atom is 0.259 e. The molecule has 4 aromatic rings. The van der Waals surface area contributed by atoms with E-state index in [2.05, 4.69) is 15.1 Å². The Morgan fingerprint density at radius 2 is 1.85 bits per heavy atom. The average Bonchev–Trinajstić information content (AvgIpc) is 3.34. The van der Waals surface area contributed by atoms with Gasteiger partial charge in [-0.3, -0.25) is 0 Å². The number of hydrogen-bond donors (Lipinski definition) is 0. The van der Waals surface area contributed by atoms with Crippen LogP contribution in [0.2, 0.25) is 0 Å². The Labute approximate surface area is 148 Å². The van der Waals surface area contributed by atoms with E-state index in [4.69, 9.17) is 8.94 Å². The van der Waals surface area contributed by atoms with Crippen LogP contribution in [0.15, 0.2) is 69.9 Å². The summed E-state index contributed by atoms with van der Waals surface area (Å²) in [6, 6.07) is 13.4. The van der Waals surface area contributed by atoms with Crippen molar-refractivity contribution in [3.63, 3.8) is 0 Å². The molecular weight excluding hydrogens is 335 g/mol. The minimum absolute atomic E-state index is 0.309. The third-order valence-electron chi connectivity index (χ3n) is 3.89. The van der Waals surface area contributed by atoms with E-state index in [-0.39, 0.29) is 5.82 Å². The van der Waals surface area contributed by atoms with Crippen molar-refractivity contribution in [2.24, 2.45) is 0 Å². The van der Waals surface area contributed by atoms with E-state index in [0.29, 0.717) is 29.4 Å². The summed E-state index contributed by atoms with van der Waals surface area (Å²) in [6.07, 6.45) is 3.32. The molecule has 0 bridgehead atoms. The molecule has 6 nitrogen and oxygen atoms in total. The number of hydrogen-bond acceptors (Lipinski definition) is 6. The molecule has 0 radical (unpaired) electrons. The van der Waals surface area contributed by atoms with Crippen LogP contribution in [0.25, 0.3) is 22.8 Å². The van der Waals surface area contributed by atoms with E-state index in [1.807, 2.05) is 36.2 Å². The molecule has 4 rings (SSSR count). The fourth-order valence-corrected chi connectivity index (χ4v) is 2.51. The number of aromatic nitrogens is 3. The standard InChI is InChI=1S/C19H15FN4O2/c1-24(12-16-3-2-10-25-16)17-9-6-14(11-21-17)19-22-18(23-26-19)13-4-7-15(20)8-5-13/h2-11H,12H2,1H3. The molecule has 0 spiro atoms. The number of benzene rings is 1. The Morgan fingerprint density at radius 3 is 2.54 bits per heavy atom. The number of halogens is 1. The topological polar surface area (TPSA) is 68.2 Å². The first-order valence-electron chi connectivity index (χ1n) is 7.98. The highest BCUT2D eigenvalue weighted by molar-refractivity contribution is 5.60. The van der Waals surface area contributed by atoms with Gasteiger partial charge in [0.25, 0.3) is 5.89 Å². The van der Waals surface area contributed by atoms with Crippen molar-refractivity contribution in [3.05, 3.63) is 72.6 Å². The third kappa shape index (κ3) is 3.32. The second-order valence-electron chi connectivity index (χ2n) is 5.77. The molecule has 0 amide bonds. The summed E-state index contributed by atoms with van der Waals surface area (Å²) in [5.74, 6) is 2.11. The lowest BCUT2D eigenvalue weighted by molar-refractivity contribution is 0.432. The minimum Gasteiger partial charge on any atom is -0.467 e. The fourth-order valence-electron chi connectivity index (χ4n) is 2.51. The number of pyridine rings is 1. The van der Waals surface area contributed by atoms with Gasteiger partial charge in [0.15, 0.2) is 0 Å². The summed E-state index contributed by atoms with van der Waals surface area (Å²) >= 11 is 0. The van der Waals surface area contributed by atoms with Gasteiger partial charge >= 0.3 is 0 Å². The normalized spacial score (nSPS) is 10.8. The zero-order chi connectivity index (χ0) is 17.9. The molecule has 3 heterocycles. The van der Waals surface area contributed by atoms with Crippen molar-refractivity contribution in [2.45, 2.75) is 6.54 Å². The van der Waals surface area contributed by atoms with Gasteiger partial charge in [0.05, 0.1) is 18.4 Å². The van der Waals surface area contributed by atoms with Crippen molar-refractivity contribution in [2.75, 3.05) is 11.9 Å². The van der Waals surface area contributed by atoms with Crippen molar-refractivity contribution < 1.29 is 13.3 Å². The smallest absolute Gasteiger partial charge is 0.259 e. The molecule has 0 fully saturated rings. The predicted octanol–water partition coefficient (Wildman–Crippen LogP) is 4.17. The number of rotatable bonds is 5. The van der Waals surface area contributed by atoms with Crippen LogP contribution in [0, 0.1) is 5.82 Å². The SMILES string of the molecule is CN(Cc1ccco1)c1ccc(-c2nc(-c3ccc(F)cc3)no2)cn1. The van der Waals surface area contributed by atoms with E-state index in [0.717, 1.165) is 11.6 Å². The van der Waals surface area contributed by atoms with Gasteiger partial charge in [0, 0.05) is 18.8 Å². The van der Waals surface area contributed by atoms with Gasteiger partial charge in [-0.15, -0.1) is 0 Å². The van der Waals surface area contributed by atoms with Crippen molar-refractivity contribution in [1.29, 1.82) is 0 Å². The first-order chi connectivity index (χ1) is 12.7. The molecule has 0 aliphatic rings.